The topological polar surface area (TPSA) is 52.8 Å². The number of rotatable bonds is 5. The lowest BCUT2D eigenvalue weighted by atomic mass is 10.1. The minimum Gasteiger partial charge on any atom is -0.496 e. The molecule has 0 aliphatic heterocycles. The highest BCUT2D eigenvalue weighted by atomic mass is 32.2. The summed E-state index contributed by atoms with van der Waals surface area (Å²) in [5, 5.41) is 11.5. The summed E-state index contributed by atoms with van der Waals surface area (Å²) >= 11 is 3.30. The molecule has 3 aromatic heterocycles. The van der Waals surface area contributed by atoms with Gasteiger partial charge in [-0.2, -0.15) is 0 Å². The van der Waals surface area contributed by atoms with Gasteiger partial charge in [0.1, 0.15) is 5.75 Å². The Balaban J connectivity index is 1.80. The van der Waals surface area contributed by atoms with Crippen molar-refractivity contribution in [2.75, 3.05) is 7.11 Å². The minimum atomic E-state index is 0.735. The Hall–Kier alpha value is -1.86. The standard InChI is InChI=1S/C16H18N4OS2/c1-10-8-17-12(11(2)14(10)21-4)9-23-16-19-18-15(20(16)3)13-6-5-7-22-13/h5-8H,9H2,1-4H3. The lowest BCUT2D eigenvalue weighted by Gasteiger charge is -2.11. The van der Waals surface area contributed by atoms with Crippen LogP contribution in [0.3, 0.4) is 0 Å². The molecular weight excluding hydrogens is 328 g/mol. The summed E-state index contributed by atoms with van der Waals surface area (Å²) in [4.78, 5) is 5.65. The fraction of sp³-hybridized carbons (Fsp3) is 0.312. The quantitative estimate of drug-likeness (QED) is 0.657. The second-order valence-corrected chi connectivity index (χ2v) is 7.07. The van der Waals surface area contributed by atoms with Crippen molar-refractivity contribution in [3.8, 4) is 16.5 Å². The molecule has 5 nitrogen and oxygen atoms in total. The summed E-state index contributed by atoms with van der Waals surface area (Å²) in [7, 11) is 3.69. The second kappa shape index (κ2) is 6.72. The van der Waals surface area contributed by atoms with E-state index in [0.717, 1.165) is 44.2 Å². The van der Waals surface area contributed by atoms with Crippen LogP contribution in [0, 0.1) is 13.8 Å². The van der Waals surface area contributed by atoms with Crippen molar-refractivity contribution < 1.29 is 4.74 Å². The lowest BCUT2D eigenvalue weighted by Crippen LogP contribution is -2.00. The van der Waals surface area contributed by atoms with Gasteiger partial charge in [0, 0.05) is 30.1 Å². The number of aromatic nitrogens is 4. The molecule has 7 heteroatoms. The van der Waals surface area contributed by atoms with Crippen LogP contribution in [0.5, 0.6) is 5.75 Å². The molecule has 0 atom stereocenters. The monoisotopic (exact) mass is 346 g/mol. The summed E-state index contributed by atoms with van der Waals surface area (Å²) in [5.74, 6) is 2.54. The molecule has 0 aromatic carbocycles. The molecule has 0 unspecified atom stereocenters. The van der Waals surface area contributed by atoms with Gasteiger partial charge in [-0.15, -0.1) is 21.5 Å². The molecule has 0 amide bonds. The van der Waals surface area contributed by atoms with Crippen molar-refractivity contribution in [3.05, 3.63) is 40.5 Å². The van der Waals surface area contributed by atoms with Gasteiger partial charge in [-0.05, 0) is 25.3 Å². The highest BCUT2D eigenvalue weighted by molar-refractivity contribution is 7.98. The fourth-order valence-electron chi connectivity index (χ4n) is 2.41. The Morgan fingerprint density at radius 1 is 1.30 bits per heavy atom. The van der Waals surface area contributed by atoms with E-state index in [1.807, 2.05) is 43.1 Å². The van der Waals surface area contributed by atoms with Crippen LogP contribution in [0.2, 0.25) is 0 Å². The molecule has 3 rings (SSSR count). The van der Waals surface area contributed by atoms with Crippen molar-refractivity contribution in [1.82, 2.24) is 19.7 Å². The van der Waals surface area contributed by atoms with Gasteiger partial charge in [0.2, 0.25) is 0 Å². The van der Waals surface area contributed by atoms with Crippen LogP contribution in [0.1, 0.15) is 16.8 Å². The Morgan fingerprint density at radius 3 is 2.83 bits per heavy atom. The van der Waals surface area contributed by atoms with Gasteiger partial charge < -0.3 is 9.30 Å². The Bertz CT molecular complexity index is 812. The van der Waals surface area contributed by atoms with E-state index in [-0.39, 0.29) is 0 Å². The van der Waals surface area contributed by atoms with Crippen molar-refractivity contribution >= 4 is 23.1 Å². The predicted octanol–water partition coefficient (Wildman–Crippen LogP) is 3.86. The molecule has 0 aliphatic rings. The molecule has 0 N–H and O–H groups in total. The van der Waals surface area contributed by atoms with E-state index in [0.29, 0.717) is 0 Å². The average Bonchev–Trinajstić information content (AvgIpc) is 3.17. The molecular formula is C16H18N4OS2. The first kappa shape index (κ1) is 16.0. The molecule has 23 heavy (non-hydrogen) atoms. The van der Waals surface area contributed by atoms with E-state index in [1.54, 1.807) is 30.2 Å². The second-order valence-electron chi connectivity index (χ2n) is 5.18. The van der Waals surface area contributed by atoms with Crippen molar-refractivity contribution in [1.29, 1.82) is 0 Å². The molecule has 0 bridgehead atoms. The predicted molar refractivity (Wildman–Crippen MR) is 94.1 cm³/mol. The highest BCUT2D eigenvalue weighted by Crippen LogP contribution is 2.30. The zero-order valence-corrected chi connectivity index (χ0v) is 15.2. The van der Waals surface area contributed by atoms with Gasteiger partial charge in [-0.25, -0.2) is 0 Å². The Kier molecular flexibility index (Phi) is 4.68. The zero-order valence-electron chi connectivity index (χ0n) is 13.5. The van der Waals surface area contributed by atoms with Crippen LogP contribution in [0.15, 0.2) is 28.9 Å². The molecule has 0 aliphatic carbocycles. The number of methoxy groups -OCH3 is 1. The largest absolute Gasteiger partial charge is 0.496 e. The van der Waals surface area contributed by atoms with Gasteiger partial charge >= 0.3 is 0 Å². The lowest BCUT2D eigenvalue weighted by molar-refractivity contribution is 0.407. The summed E-state index contributed by atoms with van der Waals surface area (Å²) in [6, 6.07) is 4.08. The first-order valence-corrected chi connectivity index (χ1v) is 9.03. The fourth-order valence-corrected chi connectivity index (χ4v) is 4.09. The van der Waals surface area contributed by atoms with Gasteiger partial charge in [0.15, 0.2) is 11.0 Å². The van der Waals surface area contributed by atoms with Crippen molar-refractivity contribution in [2.45, 2.75) is 24.8 Å². The van der Waals surface area contributed by atoms with Gasteiger partial charge in [-0.1, -0.05) is 17.8 Å². The molecule has 0 spiro atoms. The van der Waals surface area contributed by atoms with Crippen molar-refractivity contribution in [3.63, 3.8) is 0 Å². The average molecular weight is 346 g/mol. The van der Waals surface area contributed by atoms with E-state index in [2.05, 4.69) is 21.2 Å². The van der Waals surface area contributed by atoms with Gasteiger partial charge in [0.25, 0.3) is 0 Å². The first-order valence-electron chi connectivity index (χ1n) is 7.17. The first-order chi connectivity index (χ1) is 11.1. The zero-order chi connectivity index (χ0) is 16.4. The summed E-state index contributed by atoms with van der Waals surface area (Å²) in [6.07, 6.45) is 1.86. The number of hydrogen-bond donors (Lipinski definition) is 0. The van der Waals surface area contributed by atoms with Gasteiger partial charge in [-0.3, -0.25) is 4.98 Å². The third kappa shape index (κ3) is 3.11. The molecule has 0 saturated carbocycles. The van der Waals surface area contributed by atoms with E-state index in [1.165, 1.54) is 0 Å². The van der Waals surface area contributed by atoms with Crippen LogP contribution in [0.4, 0.5) is 0 Å². The number of ether oxygens (including phenoxy) is 1. The number of nitrogens with zero attached hydrogens (tertiary/aromatic N) is 4. The maximum Gasteiger partial charge on any atom is 0.191 e. The minimum absolute atomic E-state index is 0.735. The molecule has 0 radical (unpaired) electrons. The number of aryl methyl sites for hydroxylation is 1. The number of pyridine rings is 1. The molecule has 0 saturated heterocycles. The summed E-state index contributed by atoms with van der Waals surface area (Å²) in [5.41, 5.74) is 3.15. The van der Waals surface area contributed by atoms with Crippen LogP contribution < -0.4 is 4.74 Å². The number of thioether (sulfide) groups is 1. The number of hydrogen-bond acceptors (Lipinski definition) is 6. The Morgan fingerprint density at radius 2 is 2.13 bits per heavy atom. The van der Waals surface area contributed by atoms with Crippen molar-refractivity contribution in [2.24, 2.45) is 7.05 Å². The maximum absolute atomic E-state index is 5.46. The SMILES string of the molecule is COc1c(C)cnc(CSc2nnc(-c3cccs3)n2C)c1C. The molecule has 3 aromatic rings. The highest BCUT2D eigenvalue weighted by Gasteiger charge is 2.14. The summed E-state index contributed by atoms with van der Waals surface area (Å²) < 4.78 is 7.49. The Labute approximate surface area is 143 Å². The summed E-state index contributed by atoms with van der Waals surface area (Å²) in [6.45, 7) is 4.05. The molecule has 0 fully saturated rings. The third-order valence-corrected chi connectivity index (χ3v) is 5.56. The van der Waals surface area contributed by atoms with Crippen LogP contribution in [-0.4, -0.2) is 26.9 Å². The van der Waals surface area contributed by atoms with Crippen LogP contribution >= 0.6 is 23.1 Å². The molecule has 120 valence electrons. The van der Waals surface area contributed by atoms with Gasteiger partial charge in [0.05, 0.1) is 17.7 Å². The van der Waals surface area contributed by atoms with E-state index in [4.69, 9.17) is 4.74 Å². The van der Waals surface area contributed by atoms with Crippen LogP contribution in [-0.2, 0) is 12.8 Å². The molecule has 3 heterocycles. The van der Waals surface area contributed by atoms with E-state index in [9.17, 15) is 0 Å². The number of thiophene rings is 1. The van der Waals surface area contributed by atoms with E-state index < -0.39 is 0 Å². The normalized spacial score (nSPS) is 11.0. The van der Waals surface area contributed by atoms with Crippen LogP contribution in [0.25, 0.3) is 10.7 Å². The smallest absolute Gasteiger partial charge is 0.191 e. The third-order valence-electron chi connectivity index (χ3n) is 3.66. The van der Waals surface area contributed by atoms with E-state index >= 15 is 0 Å². The maximum atomic E-state index is 5.46.